The van der Waals surface area contributed by atoms with Gasteiger partial charge < -0.3 is 14.8 Å². The highest BCUT2D eigenvalue weighted by Crippen LogP contribution is 2.46. The molecule has 4 nitrogen and oxygen atoms in total. The van der Waals surface area contributed by atoms with Crippen molar-refractivity contribution in [2.45, 2.75) is 83.0 Å². The quantitative estimate of drug-likeness (QED) is 0.728. The van der Waals surface area contributed by atoms with Crippen LogP contribution in [0.15, 0.2) is 30.5 Å². The Bertz CT molecular complexity index is 864. The zero-order valence-electron chi connectivity index (χ0n) is 16.9. The standard InChI is InChI=1S/C23H30N4S/c1-15-14-19(16(2)26(15)18-11-12-18)22-21(20-10-6-7-13-24-20)25-23(28)27(22)17-8-4-3-5-9-17/h6-7,10,13-14,17-18,21-22H,3-5,8-9,11-12H2,1-2H3,(H,25,28)/t21-,22-/m1/s1. The van der Waals surface area contributed by atoms with Crippen molar-refractivity contribution in [1.82, 2.24) is 19.8 Å². The minimum atomic E-state index is 0.115. The van der Waals surface area contributed by atoms with Crippen LogP contribution in [0.5, 0.6) is 0 Å². The highest BCUT2D eigenvalue weighted by Gasteiger charge is 2.44. The summed E-state index contributed by atoms with van der Waals surface area (Å²) in [6.45, 7) is 4.56. The third-order valence-corrected chi connectivity index (χ3v) is 7.19. The van der Waals surface area contributed by atoms with Crippen LogP contribution in [-0.2, 0) is 0 Å². The fraction of sp³-hybridized carbons (Fsp3) is 0.565. The molecule has 1 N–H and O–H groups in total. The van der Waals surface area contributed by atoms with Crippen molar-refractivity contribution in [3.05, 3.63) is 53.1 Å². The van der Waals surface area contributed by atoms with Crippen molar-refractivity contribution in [3.8, 4) is 0 Å². The van der Waals surface area contributed by atoms with E-state index in [2.05, 4.69) is 46.8 Å². The predicted octanol–water partition coefficient (Wildman–Crippen LogP) is 5.14. The number of nitrogens with one attached hydrogen (secondary N) is 1. The lowest BCUT2D eigenvalue weighted by molar-refractivity contribution is 0.196. The van der Waals surface area contributed by atoms with Gasteiger partial charge in [-0.1, -0.05) is 25.3 Å². The Hall–Kier alpha value is -1.88. The van der Waals surface area contributed by atoms with E-state index in [1.54, 1.807) is 0 Å². The third-order valence-electron chi connectivity index (χ3n) is 6.86. The van der Waals surface area contributed by atoms with Gasteiger partial charge in [0.2, 0.25) is 0 Å². The van der Waals surface area contributed by atoms with Crippen molar-refractivity contribution in [1.29, 1.82) is 0 Å². The summed E-state index contributed by atoms with van der Waals surface area (Å²) in [4.78, 5) is 7.24. The van der Waals surface area contributed by atoms with E-state index in [9.17, 15) is 0 Å². The summed E-state index contributed by atoms with van der Waals surface area (Å²) in [5, 5.41) is 4.56. The number of hydrogen-bond acceptors (Lipinski definition) is 2. The number of nitrogens with zero attached hydrogens (tertiary/aromatic N) is 3. The molecule has 3 fully saturated rings. The van der Waals surface area contributed by atoms with E-state index < -0.39 is 0 Å². The number of thiocarbonyl (C=S) groups is 1. The van der Waals surface area contributed by atoms with Crippen LogP contribution in [0.3, 0.4) is 0 Å². The Labute approximate surface area is 173 Å². The number of pyridine rings is 1. The molecule has 2 aromatic rings. The van der Waals surface area contributed by atoms with Gasteiger partial charge in [-0.15, -0.1) is 0 Å². The Morgan fingerprint density at radius 1 is 1.04 bits per heavy atom. The molecule has 28 heavy (non-hydrogen) atoms. The zero-order valence-corrected chi connectivity index (χ0v) is 17.7. The van der Waals surface area contributed by atoms with Crippen LogP contribution in [0.2, 0.25) is 0 Å². The minimum Gasteiger partial charge on any atom is -0.352 e. The third kappa shape index (κ3) is 3.04. The van der Waals surface area contributed by atoms with Gasteiger partial charge in [0, 0.05) is 29.7 Å². The highest BCUT2D eigenvalue weighted by atomic mass is 32.1. The van der Waals surface area contributed by atoms with Crippen LogP contribution < -0.4 is 5.32 Å². The molecule has 2 saturated carbocycles. The normalized spacial score (nSPS) is 25.9. The average Bonchev–Trinajstić information content (AvgIpc) is 3.42. The van der Waals surface area contributed by atoms with Crippen LogP contribution in [0.4, 0.5) is 0 Å². The Morgan fingerprint density at radius 3 is 2.50 bits per heavy atom. The smallest absolute Gasteiger partial charge is 0.170 e. The van der Waals surface area contributed by atoms with Gasteiger partial charge in [0.15, 0.2) is 5.11 Å². The number of rotatable bonds is 4. The van der Waals surface area contributed by atoms with Gasteiger partial charge >= 0.3 is 0 Å². The van der Waals surface area contributed by atoms with Crippen molar-refractivity contribution < 1.29 is 0 Å². The van der Waals surface area contributed by atoms with Crippen molar-refractivity contribution in [2.24, 2.45) is 0 Å². The first kappa shape index (κ1) is 18.2. The van der Waals surface area contributed by atoms with E-state index in [1.807, 2.05) is 12.3 Å². The number of aromatic nitrogens is 2. The second-order valence-corrected chi connectivity index (χ2v) is 9.14. The lowest BCUT2D eigenvalue weighted by Gasteiger charge is -2.37. The summed E-state index contributed by atoms with van der Waals surface area (Å²) >= 11 is 5.90. The molecule has 5 rings (SSSR count). The highest BCUT2D eigenvalue weighted by molar-refractivity contribution is 7.80. The maximum atomic E-state index is 5.90. The van der Waals surface area contributed by atoms with Gasteiger partial charge in [0.25, 0.3) is 0 Å². The average molecular weight is 395 g/mol. The van der Waals surface area contributed by atoms with E-state index in [-0.39, 0.29) is 12.1 Å². The van der Waals surface area contributed by atoms with Crippen molar-refractivity contribution >= 4 is 17.3 Å². The van der Waals surface area contributed by atoms with Gasteiger partial charge in [-0.05, 0) is 75.5 Å². The molecule has 2 aromatic heterocycles. The molecular formula is C23H30N4S. The van der Waals surface area contributed by atoms with E-state index in [0.717, 1.165) is 10.8 Å². The molecule has 0 spiro atoms. The molecule has 5 heteroatoms. The molecule has 0 unspecified atom stereocenters. The summed E-state index contributed by atoms with van der Waals surface area (Å²) in [5.41, 5.74) is 5.32. The Balaban J connectivity index is 1.59. The van der Waals surface area contributed by atoms with Crippen LogP contribution in [0.1, 0.15) is 85.7 Å². The fourth-order valence-corrected chi connectivity index (χ4v) is 5.84. The van der Waals surface area contributed by atoms with Crippen molar-refractivity contribution in [3.63, 3.8) is 0 Å². The summed E-state index contributed by atoms with van der Waals surface area (Å²) < 4.78 is 2.56. The second-order valence-electron chi connectivity index (χ2n) is 8.75. The summed E-state index contributed by atoms with van der Waals surface area (Å²) in [6, 6.07) is 10.2. The van der Waals surface area contributed by atoms with Crippen LogP contribution >= 0.6 is 12.2 Å². The molecule has 3 heterocycles. The van der Waals surface area contributed by atoms with Crippen LogP contribution in [-0.4, -0.2) is 25.6 Å². The van der Waals surface area contributed by atoms with E-state index >= 15 is 0 Å². The topological polar surface area (TPSA) is 33.1 Å². The van der Waals surface area contributed by atoms with Crippen molar-refractivity contribution in [2.75, 3.05) is 0 Å². The molecular weight excluding hydrogens is 364 g/mol. The maximum Gasteiger partial charge on any atom is 0.170 e. The first-order valence-corrected chi connectivity index (χ1v) is 11.2. The van der Waals surface area contributed by atoms with E-state index in [0.29, 0.717) is 12.1 Å². The first-order valence-electron chi connectivity index (χ1n) is 10.8. The first-order chi connectivity index (χ1) is 13.6. The van der Waals surface area contributed by atoms with Gasteiger partial charge in [-0.2, -0.15) is 0 Å². The Kier molecular flexibility index (Phi) is 4.66. The largest absolute Gasteiger partial charge is 0.352 e. The molecule has 148 valence electrons. The number of hydrogen-bond donors (Lipinski definition) is 1. The summed E-state index contributed by atoms with van der Waals surface area (Å²) in [7, 11) is 0. The monoisotopic (exact) mass is 394 g/mol. The SMILES string of the molecule is Cc1cc([C@@H]2[C@@H](c3ccccn3)NC(=S)N2C2CCCCC2)c(C)n1C1CC1. The molecule has 0 bridgehead atoms. The Morgan fingerprint density at radius 2 is 1.82 bits per heavy atom. The fourth-order valence-electron chi connectivity index (χ4n) is 5.45. The lowest BCUT2D eigenvalue weighted by Crippen LogP contribution is -2.40. The summed E-state index contributed by atoms with van der Waals surface area (Å²) in [5.74, 6) is 0. The second kappa shape index (κ2) is 7.18. The molecule has 0 amide bonds. The minimum absolute atomic E-state index is 0.115. The van der Waals surface area contributed by atoms with Gasteiger partial charge in [-0.3, -0.25) is 4.98 Å². The van der Waals surface area contributed by atoms with Gasteiger partial charge in [0.1, 0.15) is 0 Å². The molecule has 1 saturated heterocycles. The van der Waals surface area contributed by atoms with E-state index in [1.165, 1.54) is 61.9 Å². The van der Waals surface area contributed by atoms with Crippen LogP contribution in [0.25, 0.3) is 0 Å². The van der Waals surface area contributed by atoms with E-state index in [4.69, 9.17) is 17.2 Å². The molecule has 1 aliphatic heterocycles. The zero-order chi connectivity index (χ0) is 19.3. The predicted molar refractivity (Wildman–Crippen MR) is 116 cm³/mol. The summed E-state index contributed by atoms with van der Waals surface area (Å²) in [6.07, 6.45) is 11.0. The molecule has 2 atom stereocenters. The molecule has 3 aliphatic rings. The molecule has 0 aromatic carbocycles. The lowest BCUT2D eigenvalue weighted by atomic mass is 9.90. The molecule has 2 aliphatic carbocycles. The number of aryl methyl sites for hydroxylation is 1. The van der Waals surface area contributed by atoms with Crippen LogP contribution in [0, 0.1) is 13.8 Å². The maximum absolute atomic E-state index is 5.90. The molecule has 0 radical (unpaired) electrons. The van der Waals surface area contributed by atoms with Gasteiger partial charge in [0.05, 0.1) is 17.8 Å². The van der Waals surface area contributed by atoms with Gasteiger partial charge in [-0.25, -0.2) is 0 Å².